The molecule has 2 rings (SSSR count). The van der Waals surface area contributed by atoms with E-state index in [9.17, 15) is 13.2 Å². The first-order valence-corrected chi connectivity index (χ1v) is 5.51. The average Bonchev–Trinajstić information content (AvgIpc) is 3.10. The Bertz CT molecular complexity index is 461. The van der Waals surface area contributed by atoms with Crippen LogP contribution < -0.4 is 5.73 Å². The Kier molecular flexibility index (Phi) is 2.96. The van der Waals surface area contributed by atoms with Crippen molar-refractivity contribution in [3.63, 3.8) is 0 Å². The molecule has 0 bridgehead atoms. The molecule has 0 spiro atoms. The van der Waals surface area contributed by atoms with E-state index < -0.39 is 11.6 Å². The minimum absolute atomic E-state index is 0.0275. The van der Waals surface area contributed by atoms with Crippen LogP contribution in [-0.4, -0.2) is 17.2 Å². The van der Waals surface area contributed by atoms with Gasteiger partial charge in [-0.05, 0) is 24.0 Å². The minimum Gasteiger partial charge on any atom is -0.409 e. The van der Waals surface area contributed by atoms with Crippen LogP contribution in [0.15, 0.2) is 29.4 Å². The van der Waals surface area contributed by atoms with Gasteiger partial charge in [0, 0.05) is 6.42 Å². The maximum atomic E-state index is 12.9. The lowest BCUT2D eigenvalue weighted by Gasteiger charge is -2.19. The molecule has 3 nitrogen and oxygen atoms in total. The van der Waals surface area contributed by atoms with E-state index in [0.29, 0.717) is 11.1 Å². The first kappa shape index (κ1) is 12.7. The van der Waals surface area contributed by atoms with Crippen molar-refractivity contribution in [3.8, 4) is 0 Å². The van der Waals surface area contributed by atoms with Crippen LogP contribution in [0.5, 0.6) is 0 Å². The molecule has 1 aromatic rings. The summed E-state index contributed by atoms with van der Waals surface area (Å²) in [5, 5.41) is 11.2. The van der Waals surface area contributed by atoms with E-state index in [-0.39, 0.29) is 25.1 Å². The van der Waals surface area contributed by atoms with Gasteiger partial charge in [-0.1, -0.05) is 29.4 Å². The summed E-state index contributed by atoms with van der Waals surface area (Å²) < 4.78 is 38.6. The zero-order valence-electron chi connectivity index (χ0n) is 9.54. The largest absolute Gasteiger partial charge is 0.409 e. The standard InChI is InChI=1S/C12H13F3N2O/c13-12(14,15)11(5-6-11)9-3-1-8(2-4-9)7-10(16)17-18/h1-4,18H,5-7H2,(H2,16,17). The van der Waals surface area contributed by atoms with Gasteiger partial charge in [-0.3, -0.25) is 0 Å². The van der Waals surface area contributed by atoms with E-state index in [1.165, 1.54) is 12.1 Å². The van der Waals surface area contributed by atoms with Crippen LogP contribution in [0, 0.1) is 0 Å². The number of halogens is 3. The van der Waals surface area contributed by atoms with Gasteiger partial charge in [0.05, 0.1) is 5.41 Å². The van der Waals surface area contributed by atoms with E-state index in [1.807, 2.05) is 0 Å². The monoisotopic (exact) mass is 258 g/mol. The summed E-state index contributed by atoms with van der Waals surface area (Å²) in [7, 11) is 0. The molecule has 0 atom stereocenters. The first-order valence-electron chi connectivity index (χ1n) is 5.51. The molecule has 0 unspecified atom stereocenters. The summed E-state index contributed by atoms with van der Waals surface area (Å²) in [5.74, 6) is 0.0275. The fourth-order valence-electron chi connectivity index (χ4n) is 2.05. The summed E-state index contributed by atoms with van der Waals surface area (Å²) in [4.78, 5) is 0. The lowest BCUT2D eigenvalue weighted by Crippen LogP contribution is -2.28. The topological polar surface area (TPSA) is 58.6 Å². The van der Waals surface area contributed by atoms with Crippen molar-refractivity contribution in [1.29, 1.82) is 0 Å². The predicted molar refractivity (Wildman–Crippen MR) is 60.5 cm³/mol. The average molecular weight is 258 g/mol. The quantitative estimate of drug-likeness (QED) is 0.379. The number of rotatable bonds is 3. The number of amidine groups is 1. The van der Waals surface area contributed by atoms with Crippen molar-refractivity contribution in [3.05, 3.63) is 35.4 Å². The number of alkyl halides is 3. The molecule has 1 aliphatic carbocycles. The number of benzene rings is 1. The van der Waals surface area contributed by atoms with Crippen LogP contribution in [0.3, 0.4) is 0 Å². The zero-order valence-corrected chi connectivity index (χ0v) is 9.54. The van der Waals surface area contributed by atoms with E-state index >= 15 is 0 Å². The fourth-order valence-corrected chi connectivity index (χ4v) is 2.05. The molecule has 0 amide bonds. The Morgan fingerprint density at radius 2 is 1.83 bits per heavy atom. The van der Waals surface area contributed by atoms with Gasteiger partial charge in [0.25, 0.3) is 0 Å². The molecule has 1 saturated carbocycles. The van der Waals surface area contributed by atoms with Crippen molar-refractivity contribution in [2.45, 2.75) is 30.9 Å². The highest BCUT2D eigenvalue weighted by molar-refractivity contribution is 5.82. The lowest BCUT2D eigenvalue weighted by atomic mass is 9.94. The molecule has 1 aliphatic rings. The summed E-state index contributed by atoms with van der Waals surface area (Å²) in [6.45, 7) is 0. The highest BCUT2D eigenvalue weighted by atomic mass is 19.4. The highest BCUT2D eigenvalue weighted by Gasteiger charge is 2.64. The van der Waals surface area contributed by atoms with E-state index in [2.05, 4.69) is 5.16 Å². The Morgan fingerprint density at radius 3 is 2.22 bits per heavy atom. The Hall–Kier alpha value is -1.72. The molecule has 3 N–H and O–H groups in total. The second-order valence-corrected chi connectivity index (χ2v) is 4.54. The molecule has 0 radical (unpaired) electrons. The molecule has 6 heteroatoms. The second-order valence-electron chi connectivity index (χ2n) is 4.54. The normalized spacial score (nSPS) is 18.7. The second kappa shape index (κ2) is 4.19. The maximum absolute atomic E-state index is 12.9. The Balaban J connectivity index is 2.19. The van der Waals surface area contributed by atoms with Gasteiger partial charge in [0.15, 0.2) is 0 Å². The lowest BCUT2D eigenvalue weighted by molar-refractivity contribution is -0.160. The molecule has 98 valence electrons. The highest BCUT2D eigenvalue weighted by Crippen LogP contribution is 2.58. The first-order chi connectivity index (χ1) is 8.39. The summed E-state index contributed by atoms with van der Waals surface area (Å²) in [6, 6.07) is 6.11. The molecule has 0 aromatic heterocycles. The molecule has 18 heavy (non-hydrogen) atoms. The van der Waals surface area contributed by atoms with E-state index in [1.54, 1.807) is 12.1 Å². The van der Waals surface area contributed by atoms with Crippen LogP contribution in [0.25, 0.3) is 0 Å². The van der Waals surface area contributed by atoms with Crippen molar-refractivity contribution in [2.24, 2.45) is 10.9 Å². The SMILES string of the molecule is NC(Cc1ccc(C2(C(F)(F)F)CC2)cc1)=NO. The Morgan fingerprint density at radius 1 is 1.28 bits per heavy atom. The van der Waals surface area contributed by atoms with Gasteiger partial charge in [-0.25, -0.2) is 0 Å². The van der Waals surface area contributed by atoms with Gasteiger partial charge in [-0.15, -0.1) is 0 Å². The third-order valence-corrected chi connectivity index (χ3v) is 3.31. The van der Waals surface area contributed by atoms with Gasteiger partial charge in [0.1, 0.15) is 5.84 Å². The smallest absolute Gasteiger partial charge is 0.398 e. The molecular weight excluding hydrogens is 245 g/mol. The number of hydrogen-bond acceptors (Lipinski definition) is 2. The van der Waals surface area contributed by atoms with E-state index in [0.717, 1.165) is 0 Å². The van der Waals surface area contributed by atoms with Crippen molar-refractivity contribution < 1.29 is 18.4 Å². The summed E-state index contributed by atoms with van der Waals surface area (Å²) >= 11 is 0. The molecule has 0 aliphatic heterocycles. The van der Waals surface area contributed by atoms with Crippen LogP contribution in [0.1, 0.15) is 24.0 Å². The molecule has 1 fully saturated rings. The molecule has 1 aromatic carbocycles. The Labute approximate surface area is 102 Å². The van der Waals surface area contributed by atoms with Crippen LogP contribution >= 0.6 is 0 Å². The fraction of sp³-hybridized carbons (Fsp3) is 0.417. The minimum atomic E-state index is -4.19. The van der Waals surface area contributed by atoms with Crippen LogP contribution in [0.4, 0.5) is 13.2 Å². The number of nitrogens with zero attached hydrogens (tertiary/aromatic N) is 1. The van der Waals surface area contributed by atoms with Crippen LogP contribution in [-0.2, 0) is 11.8 Å². The number of oxime groups is 1. The van der Waals surface area contributed by atoms with Gasteiger partial charge >= 0.3 is 6.18 Å². The van der Waals surface area contributed by atoms with Crippen molar-refractivity contribution in [1.82, 2.24) is 0 Å². The molecule has 0 heterocycles. The van der Waals surface area contributed by atoms with Gasteiger partial charge < -0.3 is 10.9 Å². The van der Waals surface area contributed by atoms with Crippen molar-refractivity contribution >= 4 is 5.84 Å². The maximum Gasteiger partial charge on any atom is 0.398 e. The number of nitrogens with two attached hydrogens (primary N) is 1. The van der Waals surface area contributed by atoms with Gasteiger partial charge in [-0.2, -0.15) is 13.2 Å². The van der Waals surface area contributed by atoms with Crippen LogP contribution in [0.2, 0.25) is 0 Å². The molecular formula is C12H13F3N2O. The third kappa shape index (κ3) is 2.14. The summed E-state index contributed by atoms with van der Waals surface area (Å²) in [5.41, 5.74) is 4.68. The predicted octanol–water partition coefficient (Wildman–Crippen LogP) is 2.57. The zero-order chi connectivity index (χ0) is 13.4. The summed E-state index contributed by atoms with van der Waals surface area (Å²) in [6.07, 6.45) is -3.68. The van der Waals surface area contributed by atoms with Gasteiger partial charge in [0.2, 0.25) is 0 Å². The van der Waals surface area contributed by atoms with E-state index in [4.69, 9.17) is 10.9 Å². The third-order valence-electron chi connectivity index (χ3n) is 3.31. The van der Waals surface area contributed by atoms with Crippen molar-refractivity contribution in [2.75, 3.05) is 0 Å². The molecule has 0 saturated heterocycles. The number of hydrogen-bond donors (Lipinski definition) is 2.